The Morgan fingerprint density at radius 1 is 1.11 bits per heavy atom. The molecule has 0 aliphatic rings. The van der Waals surface area contributed by atoms with Crippen LogP contribution in [0.15, 0.2) is 48.7 Å². The lowest BCUT2D eigenvalue weighted by molar-refractivity contribution is 0.0903. The number of aromatic nitrogens is 1. The first-order chi connectivity index (χ1) is 9.18. The molecular weight excluding hydrogens is 240 g/mol. The van der Waals surface area contributed by atoms with Crippen molar-refractivity contribution in [1.82, 2.24) is 10.3 Å². The molecule has 0 aliphatic carbocycles. The van der Waals surface area contributed by atoms with E-state index in [0.717, 1.165) is 0 Å². The van der Waals surface area contributed by atoms with Gasteiger partial charge in [-0.05, 0) is 19.1 Å². The molecular formula is C15H14N2O2. The molecule has 19 heavy (non-hydrogen) atoms. The van der Waals surface area contributed by atoms with Crippen LogP contribution in [0.1, 0.15) is 26.4 Å². The van der Waals surface area contributed by atoms with Gasteiger partial charge in [0.1, 0.15) is 0 Å². The zero-order valence-electron chi connectivity index (χ0n) is 10.6. The summed E-state index contributed by atoms with van der Waals surface area (Å²) in [5.41, 5.74) is 1.72. The average molecular weight is 254 g/mol. The van der Waals surface area contributed by atoms with Crippen molar-refractivity contribution in [1.29, 1.82) is 0 Å². The molecule has 1 heterocycles. The molecule has 0 unspecified atom stereocenters. The van der Waals surface area contributed by atoms with Crippen LogP contribution in [-0.4, -0.2) is 23.2 Å². The molecule has 0 atom stereocenters. The van der Waals surface area contributed by atoms with E-state index in [0.29, 0.717) is 16.8 Å². The normalized spacial score (nSPS) is 9.95. The Kier molecular flexibility index (Phi) is 4.03. The van der Waals surface area contributed by atoms with Crippen LogP contribution in [0, 0.1) is 6.92 Å². The molecule has 96 valence electrons. The molecule has 0 radical (unpaired) electrons. The van der Waals surface area contributed by atoms with Crippen molar-refractivity contribution >= 4 is 11.7 Å². The van der Waals surface area contributed by atoms with E-state index in [2.05, 4.69) is 10.3 Å². The fourth-order valence-corrected chi connectivity index (χ4v) is 1.71. The third-order valence-corrected chi connectivity index (χ3v) is 2.76. The van der Waals surface area contributed by atoms with Crippen LogP contribution < -0.4 is 5.32 Å². The van der Waals surface area contributed by atoms with E-state index < -0.39 is 0 Å². The summed E-state index contributed by atoms with van der Waals surface area (Å²) in [5.74, 6) is -0.398. The Hall–Kier alpha value is -2.49. The molecule has 4 nitrogen and oxygen atoms in total. The highest BCUT2D eigenvalue weighted by molar-refractivity contribution is 6.02. The topological polar surface area (TPSA) is 59.1 Å². The highest BCUT2D eigenvalue weighted by Gasteiger charge is 2.11. The van der Waals surface area contributed by atoms with Crippen LogP contribution in [0.4, 0.5) is 0 Å². The maximum absolute atomic E-state index is 11.9. The highest BCUT2D eigenvalue weighted by atomic mass is 16.2. The smallest absolute Gasteiger partial charge is 0.253 e. The molecule has 0 spiro atoms. The van der Waals surface area contributed by atoms with Gasteiger partial charge in [0.2, 0.25) is 0 Å². The zero-order valence-corrected chi connectivity index (χ0v) is 10.6. The lowest BCUT2D eigenvalue weighted by Gasteiger charge is -2.06. The summed E-state index contributed by atoms with van der Waals surface area (Å²) < 4.78 is 0. The van der Waals surface area contributed by atoms with Gasteiger partial charge in [0.25, 0.3) is 5.91 Å². The Morgan fingerprint density at radius 2 is 1.84 bits per heavy atom. The number of aryl methyl sites for hydroxylation is 1. The second-order valence-electron chi connectivity index (χ2n) is 4.11. The number of benzene rings is 1. The van der Waals surface area contributed by atoms with Gasteiger partial charge in [0, 0.05) is 17.5 Å². The number of carbonyl (C=O) groups excluding carboxylic acids is 2. The van der Waals surface area contributed by atoms with E-state index >= 15 is 0 Å². The van der Waals surface area contributed by atoms with Crippen molar-refractivity contribution in [3.8, 4) is 0 Å². The van der Waals surface area contributed by atoms with Crippen molar-refractivity contribution in [2.75, 3.05) is 6.54 Å². The van der Waals surface area contributed by atoms with E-state index in [4.69, 9.17) is 0 Å². The van der Waals surface area contributed by atoms with E-state index in [9.17, 15) is 9.59 Å². The number of hydrogen-bond donors (Lipinski definition) is 1. The SMILES string of the molecule is Cc1ncccc1C(=O)NCC(=O)c1ccccc1. The third-order valence-electron chi connectivity index (χ3n) is 2.76. The molecule has 2 aromatic rings. The minimum absolute atomic E-state index is 0.0167. The van der Waals surface area contributed by atoms with E-state index in [-0.39, 0.29) is 18.2 Å². The van der Waals surface area contributed by atoms with Gasteiger partial charge in [-0.15, -0.1) is 0 Å². The van der Waals surface area contributed by atoms with Gasteiger partial charge in [-0.1, -0.05) is 30.3 Å². The number of pyridine rings is 1. The summed E-state index contributed by atoms with van der Waals surface area (Å²) in [4.78, 5) is 27.8. The molecule has 1 aromatic heterocycles. The number of carbonyl (C=O) groups is 2. The molecule has 0 aliphatic heterocycles. The highest BCUT2D eigenvalue weighted by Crippen LogP contribution is 2.03. The Labute approximate surface area is 111 Å². The Bertz CT molecular complexity index is 594. The maximum Gasteiger partial charge on any atom is 0.253 e. The van der Waals surface area contributed by atoms with Crippen LogP contribution in [0.25, 0.3) is 0 Å². The largest absolute Gasteiger partial charge is 0.345 e. The number of nitrogens with zero attached hydrogens (tertiary/aromatic N) is 1. The molecule has 0 fully saturated rings. The first kappa shape index (κ1) is 13.0. The second-order valence-corrected chi connectivity index (χ2v) is 4.11. The summed E-state index contributed by atoms with van der Waals surface area (Å²) in [6.07, 6.45) is 1.63. The van der Waals surface area contributed by atoms with Crippen molar-refractivity contribution in [2.45, 2.75) is 6.92 Å². The quantitative estimate of drug-likeness (QED) is 0.849. The monoisotopic (exact) mass is 254 g/mol. The number of rotatable bonds is 4. The third kappa shape index (κ3) is 3.25. The predicted octanol–water partition coefficient (Wildman–Crippen LogP) is 2.00. The van der Waals surface area contributed by atoms with Gasteiger partial charge in [-0.3, -0.25) is 14.6 Å². The standard InChI is InChI=1S/C15H14N2O2/c1-11-13(8-5-9-16-11)15(19)17-10-14(18)12-6-3-2-4-7-12/h2-9H,10H2,1H3,(H,17,19). The number of Topliss-reactive ketones (excluding diaryl/α,β-unsaturated/α-hetero) is 1. The number of amides is 1. The summed E-state index contributed by atoms with van der Waals surface area (Å²) in [6, 6.07) is 12.3. The molecule has 2 rings (SSSR count). The molecule has 0 saturated heterocycles. The van der Waals surface area contributed by atoms with Crippen molar-refractivity contribution < 1.29 is 9.59 Å². The maximum atomic E-state index is 11.9. The average Bonchev–Trinajstić information content (AvgIpc) is 2.46. The number of nitrogens with one attached hydrogen (secondary N) is 1. The van der Waals surface area contributed by atoms with Crippen LogP contribution in [0.3, 0.4) is 0 Å². The van der Waals surface area contributed by atoms with Gasteiger partial charge < -0.3 is 5.32 Å². The molecule has 0 bridgehead atoms. The van der Waals surface area contributed by atoms with Gasteiger partial charge in [0.05, 0.1) is 12.1 Å². The fourth-order valence-electron chi connectivity index (χ4n) is 1.71. The van der Waals surface area contributed by atoms with E-state index in [1.165, 1.54) is 0 Å². The van der Waals surface area contributed by atoms with Gasteiger partial charge in [0.15, 0.2) is 5.78 Å². The first-order valence-corrected chi connectivity index (χ1v) is 5.96. The molecule has 0 saturated carbocycles. The lowest BCUT2D eigenvalue weighted by atomic mass is 10.1. The summed E-state index contributed by atoms with van der Waals surface area (Å²) in [6.45, 7) is 1.74. The van der Waals surface area contributed by atoms with Gasteiger partial charge >= 0.3 is 0 Å². The van der Waals surface area contributed by atoms with Crippen LogP contribution in [-0.2, 0) is 0 Å². The van der Waals surface area contributed by atoms with Crippen LogP contribution in [0.5, 0.6) is 0 Å². The summed E-state index contributed by atoms with van der Waals surface area (Å²) in [5, 5.41) is 2.61. The Morgan fingerprint density at radius 3 is 2.53 bits per heavy atom. The number of hydrogen-bond acceptors (Lipinski definition) is 3. The Balaban J connectivity index is 1.98. The predicted molar refractivity (Wildman–Crippen MR) is 72.1 cm³/mol. The first-order valence-electron chi connectivity index (χ1n) is 5.96. The molecule has 1 aromatic carbocycles. The summed E-state index contributed by atoms with van der Waals surface area (Å²) >= 11 is 0. The minimum atomic E-state index is -0.283. The van der Waals surface area contributed by atoms with Gasteiger partial charge in [-0.2, -0.15) is 0 Å². The number of ketones is 1. The van der Waals surface area contributed by atoms with Gasteiger partial charge in [-0.25, -0.2) is 0 Å². The van der Waals surface area contributed by atoms with Crippen LogP contribution >= 0.6 is 0 Å². The van der Waals surface area contributed by atoms with Crippen molar-refractivity contribution in [3.05, 3.63) is 65.5 Å². The van der Waals surface area contributed by atoms with Crippen molar-refractivity contribution in [2.24, 2.45) is 0 Å². The lowest BCUT2D eigenvalue weighted by Crippen LogP contribution is -2.30. The minimum Gasteiger partial charge on any atom is -0.345 e. The van der Waals surface area contributed by atoms with Crippen LogP contribution in [0.2, 0.25) is 0 Å². The fraction of sp³-hybridized carbons (Fsp3) is 0.133. The molecule has 1 amide bonds. The van der Waals surface area contributed by atoms with E-state index in [1.807, 2.05) is 6.07 Å². The zero-order chi connectivity index (χ0) is 13.7. The molecule has 1 N–H and O–H groups in total. The van der Waals surface area contributed by atoms with Crippen molar-refractivity contribution in [3.63, 3.8) is 0 Å². The summed E-state index contributed by atoms with van der Waals surface area (Å²) in [7, 11) is 0. The van der Waals surface area contributed by atoms with E-state index in [1.54, 1.807) is 49.5 Å². The molecule has 4 heteroatoms. The second kappa shape index (κ2) is 5.91.